The van der Waals surface area contributed by atoms with Gasteiger partial charge in [-0.3, -0.25) is 4.79 Å². The van der Waals surface area contributed by atoms with Crippen LogP contribution in [-0.4, -0.2) is 35.8 Å². The van der Waals surface area contributed by atoms with E-state index in [2.05, 4.69) is 41.5 Å². The molecule has 0 aliphatic rings. The van der Waals surface area contributed by atoms with Crippen molar-refractivity contribution in [3.63, 3.8) is 0 Å². The Kier molecular flexibility index (Phi) is 7.59. The molecule has 4 aromatic rings. The summed E-state index contributed by atoms with van der Waals surface area (Å²) in [7, 11) is 3.21. The van der Waals surface area contributed by atoms with Gasteiger partial charge in [0.2, 0.25) is 5.91 Å². The van der Waals surface area contributed by atoms with Crippen molar-refractivity contribution in [2.45, 2.75) is 24.9 Å². The van der Waals surface area contributed by atoms with Gasteiger partial charge in [0.25, 0.3) is 0 Å². The molecule has 0 bridgehead atoms. The van der Waals surface area contributed by atoms with Crippen LogP contribution in [0.25, 0.3) is 22.6 Å². The summed E-state index contributed by atoms with van der Waals surface area (Å²) < 4.78 is 16.1. The van der Waals surface area contributed by atoms with E-state index in [-0.39, 0.29) is 11.7 Å². The normalized spacial score (nSPS) is 10.8. The van der Waals surface area contributed by atoms with E-state index in [4.69, 9.17) is 18.9 Å². The Balaban J connectivity index is 1.60. The Morgan fingerprint density at radius 1 is 1.06 bits per heavy atom. The lowest BCUT2D eigenvalue weighted by Gasteiger charge is -2.09. The van der Waals surface area contributed by atoms with E-state index in [9.17, 15) is 4.79 Å². The van der Waals surface area contributed by atoms with E-state index >= 15 is 0 Å². The number of rotatable bonds is 10. The number of ether oxygens (including phenoxy) is 2. The number of H-pyrrole nitrogens is 1. The van der Waals surface area contributed by atoms with Crippen LogP contribution < -0.4 is 14.8 Å². The van der Waals surface area contributed by atoms with E-state index in [1.807, 2.05) is 24.3 Å². The third-order valence-corrected chi connectivity index (χ3v) is 6.33. The minimum absolute atomic E-state index is 0.100. The quantitative estimate of drug-likeness (QED) is 0.300. The van der Waals surface area contributed by atoms with E-state index in [0.717, 1.165) is 34.1 Å². The molecule has 34 heavy (non-hydrogen) atoms. The molecule has 0 saturated heterocycles. The zero-order chi connectivity index (χ0) is 23.9. The Bertz CT molecular complexity index is 1230. The van der Waals surface area contributed by atoms with Crippen LogP contribution in [0.2, 0.25) is 0 Å². The molecule has 1 amide bonds. The van der Waals surface area contributed by atoms with Crippen LogP contribution in [0.3, 0.4) is 0 Å². The number of aryl methyl sites for hydroxylation is 1. The minimum atomic E-state index is -0.100. The average Bonchev–Trinajstić information content (AvgIpc) is 3.56. The fourth-order valence-corrected chi connectivity index (χ4v) is 4.31. The number of nitrogens with zero attached hydrogens (tertiary/aromatic N) is 1. The van der Waals surface area contributed by atoms with E-state index in [1.165, 1.54) is 17.3 Å². The van der Waals surface area contributed by atoms with Crippen molar-refractivity contribution in [3.05, 3.63) is 72.2 Å². The highest BCUT2D eigenvalue weighted by Gasteiger charge is 2.17. The molecule has 8 heteroatoms. The molecule has 2 aromatic heterocycles. The van der Waals surface area contributed by atoms with Gasteiger partial charge in [0, 0.05) is 11.1 Å². The van der Waals surface area contributed by atoms with Gasteiger partial charge in [-0.2, -0.15) is 0 Å². The maximum atomic E-state index is 12.4. The topological polar surface area (TPSA) is 89.4 Å². The number of hydrogen-bond acceptors (Lipinski definition) is 6. The number of thioether (sulfide) groups is 1. The Hall–Kier alpha value is -3.65. The number of aromatic nitrogens is 2. The molecule has 0 spiro atoms. The largest absolute Gasteiger partial charge is 0.493 e. The average molecular weight is 478 g/mol. The summed E-state index contributed by atoms with van der Waals surface area (Å²) in [4.78, 5) is 20.7. The first kappa shape index (κ1) is 23.5. The molecule has 2 aromatic carbocycles. The lowest BCUT2D eigenvalue weighted by molar-refractivity contribution is -0.118. The Morgan fingerprint density at radius 3 is 2.50 bits per heavy atom. The number of imidazole rings is 1. The fourth-order valence-electron chi connectivity index (χ4n) is 3.47. The Morgan fingerprint density at radius 2 is 1.82 bits per heavy atom. The van der Waals surface area contributed by atoms with Gasteiger partial charge in [0.05, 0.1) is 38.5 Å². The summed E-state index contributed by atoms with van der Waals surface area (Å²) >= 11 is 1.38. The van der Waals surface area contributed by atoms with Crippen LogP contribution >= 0.6 is 11.8 Å². The van der Waals surface area contributed by atoms with Gasteiger partial charge in [-0.15, -0.1) is 0 Å². The second-order valence-electron chi connectivity index (χ2n) is 7.53. The van der Waals surface area contributed by atoms with Crippen LogP contribution in [-0.2, 0) is 17.8 Å². The molecule has 0 radical (unpaired) electrons. The highest BCUT2D eigenvalue weighted by atomic mass is 32.2. The molecule has 2 N–H and O–H groups in total. The van der Waals surface area contributed by atoms with Crippen molar-refractivity contribution in [1.82, 2.24) is 15.3 Å². The van der Waals surface area contributed by atoms with Gasteiger partial charge >= 0.3 is 0 Å². The van der Waals surface area contributed by atoms with Crippen LogP contribution in [0.4, 0.5) is 0 Å². The molecule has 2 heterocycles. The standard InChI is InChI=1S/C26H27N3O4S/c1-4-17-7-9-18(10-8-17)25-28-24(19-11-12-21(31-2)22(14-19)32-3)26(29-25)34-16-23(30)27-15-20-6-5-13-33-20/h5-14H,4,15-16H2,1-3H3,(H,27,30)(H,28,29). The maximum Gasteiger partial charge on any atom is 0.230 e. The number of amides is 1. The van der Waals surface area contributed by atoms with Crippen molar-refractivity contribution < 1.29 is 18.7 Å². The SMILES string of the molecule is CCc1ccc(-c2nc(SCC(=O)NCc3ccco3)c(-c3ccc(OC)c(OC)c3)[nH]2)cc1. The number of carbonyl (C=O) groups is 1. The van der Waals surface area contributed by atoms with Gasteiger partial charge < -0.3 is 24.2 Å². The smallest absolute Gasteiger partial charge is 0.230 e. The van der Waals surface area contributed by atoms with E-state index in [0.29, 0.717) is 23.8 Å². The maximum absolute atomic E-state index is 12.4. The molecule has 0 unspecified atom stereocenters. The molecule has 0 saturated carbocycles. The number of furan rings is 1. The summed E-state index contributed by atoms with van der Waals surface area (Å²) in [5.74, 6) is 2.84. The Labute approximate surface area is 202 Å². The zero-order valence-electron chi connectivity index (χ0n) is 19.4. The molecular formula is C26H27N3O4S. The van der Waals surface area contributed by atoms with Crippen molar-refractivity contribution in [2.75, 3.05) is 20.0 Å². The lowest BCUT2D eigenvalue weighted by atomic mass is 10.1. The third kappa shape index (κ3) is 5.46. The number of hydrogen-bond donors (Lipinski definition) is 2. The highest BCUT2D eigenvalue weighted by Crippen LogP contribution is 2.37. The lowest BCUT2D eigenvalue weighted by Crippen LogP contribution is -2.24. The summed E-state index contributed by atoms with van der Waals surface area (Å²) in [6.45, 7) is 2.48. The van der Waals surface area contributed by atoms with Crippen LogP contribution in [0.5, 0.6) is 11.5 Å². The molecule has 7 nitrogen and oxygen atoms in total. The molecular weight excluding hydrogens is 450 g/mol. The number of carbonyl (C=O) groups excluding carboxylic acids is 1. The monoisotopic (exact) mass is 477 g/mol. The number of methoxy groups -OCH3 is 2. The van der Waals surface area contributed by atoms with Crippen molar-refractivity contribution in [2.24, 2.45) is 0 Å². The first-order valence-corrected chi connectivity index (χ1v) is 11.9. The molecule has 4 rings (SSSR count). The number of nitrogens with one attached hydrogen (secondary N) is 2. The first-order chi connectivity index (χ1) is 16.6. The summed E-state index contributed by atoms with van der Waals surface area (Å²) in [6, 6.07) is 17.6. The predicted octanol–water partition coefficient (Wildman–Crippen LogP) is 5.32. The van der Waals surface area contributed by atoms with Crippen molar-refractivity contribution >= 4 is 17.7 Å². The zero-order valence-corrected chi connectivity index (χ0v) is 20.2. The van der Waals surface area contributed by atoms with E-state index in [1.54, 1.807) is 26.5 Å². The molecule has 0 aliphatic heterocycles. The van der Waals surface area contributed by atoms with Crippen molar-refractivity contribution in [1.29, 1.82) is 0 Å². The minimum Gasteiger partial charge on any atom is -0.493 e. The van der Waals surface area contributed by atoms with Gasteiger partial charge in [-0.25, -0.2) is 4.98 Å². The van der Waals surface area contributed by atoms with Gasteiger partial charge in [0.1, 0.15) is 16.6 Å². The molecule has 0 atom stereocenters. The number of benzene rings is 2. The van der Waals surface area contributed by atoms with E-state index < -0.39 is 0 Å². The molecule has 0 fully saturated rings. The van der Waals surface area contributed by atoms with Crippen molar-refractivity contribution in [3.8, 4) is 34.1 Å². The summed E-state index contributed by atoms with van der Waals surface area (Å²) in [6.07, 6.45) is 2.56. The highest BCUT2D eigenvalue weighted by molar-refractivity contribution is 8.00. The predicted molar refractivity (Wildman–Crippen MR) is 133 cm³/mol. The van der Waals surface area contributed by atoms with Gasteiger partial charge in [0.15, 0.2) is 11.5 Å². The van der Waals surface area contributed by atoms with Crippen LogP contribution in [0.1, 0.15) is 18.2 Å². The third-order valence-electron chi connectivity index (χ3n) is 5.36. The second kappa shape index (κ2) is 11.0. The van der Waals surface area contributed by atoms with Gasteiger partial charge in [-0.05, 0) is 42.3 Å². The van der Waals surface area contributed by atoms with Crippen LogP contribution in [0.15, 0.2) is 70.3 Å². The fraction of sp³-hybridized carbons (Fsp3) is 0.231. The first-order valence-electron chi connectivity index (χ1n) is 10.9. The second-order valence-corrected chi connectivity index (χ2v) is 8.49. The molecule has 176 valence electrons. The summed E-state index contributed by atoms with van der Waals surface area (Å²) in [5, 5.41) is 3.60. The number of aromatic amines is 1. The molecule has 0 aliphatic carbocycles. The van der Waals surface area contributed by atoms with Crippen LogP contribution in [0, 0.1) is 0 Å². The van der Waals surface area contributed by atoms with Gasteiger partial charge in [-0.1, -0.05) is 43.0 Å². The summed E-state index contributed by atoms with van der Waals surface area (Å²) in [5.41, 5.74) is 3.95.